The van der Waals surface area contributed by atoms with E-state index in [0.29, 0.717) is 0 Å². The van der Waals surface area contributed by atoms with Crippen LogP contribution in [0.4, 0.5) is 17.1 Å². The van der Waals surface area contributed by atoms with Crippen LogP contribution in [-0.2, 0) is 0 Å². The Balaban J connectivity index is 0.980. The number of para-hydroxylation sites is 1. The van der Waals surface area contributed by atoms with E-state index in [2.05, 4.69) is 248 Å². The second-order valence-electron chi connectivity index (χ2n) is 15.7. The lowest BCUT2D eigenvalue weighted by Crippen LogP contribution is -2.09. The SMILES string of the molecule is c1ccc(-c2ccc(-c3ccc(N(c4ccc(-c5ccccc5)cc4)c4ccc(-c5ccc6c(oc7ccccc76)c5-c5ccc(-c6ccccc6)cc5)cc4)cc3)cc2)cc1. The first-order valence-electron chi connectivity index (χ1n) is 21.2. The van der Waals surface area contributed by atoms with Gasteiger partial charge in [-0.05, 0) is 110 Å². The van der Waals surface area contributed by atoms with E-state index in [1.807, 2.05) is 6.07 Å². The quantitative estimate of drug-likeness (QED) is 0.145. The standard InChI is InChI=1S/C60H41NO/c1-4-12-42(13-5-1)45-20-22-47(23-21-45)49-30-36-53(37-31-49)61(52-34-28-48(29-35-52)44-16-8-3-9-17-44)54-38-32-50(33-39-54)55-40-41-57-56-18-10-11-19-58(56)62-60(57)59(55)51-26-24-46(25-27-51)43-14-6-2-7-15-43/h1-41H. The summed E-state index contributed by atoms with van der Waals surface area (Å²) in [4.78, 5) is 2.34. The van der Waals surface area contributed by atoms with Gasteiger partial charge in [-0.15, -0.1) is 0 Å². The molecule has 0 saturated carbocycles. The third kappa shape index (κ3) is 7.04. The van der Waals surface area contributed by atoms with Gasteiger partial charge >= 0.3 is 0 Å². The predicted octanol–water partition coefficient (Wildman–Crippen LogP) is 17.1. The molecule has 1 aromatic heterocycles. The predicted molar refractivity (Wildman–Crippen MR) is 261 cm³/mol. The van der Waals surface area contributed by atoms with E-state index in [4.69, 9.17) is 4.42 Å². The van der Waals surface area contributed by atoms with Gasteiger partial charge in [-0.3, -0.25) is 0 Å². The first kappa shape index (κ1) is 36.8. The maximum Gasteiger partial charge on any atom is 0.143 e. The third-order valence-corrected chi connectivity index (χ3v) is 11.9. The van der Waals surface area contributed by atoms with Crippen molar-refractivity contribution < 1.29 is 4.42 Å². The molecule has 62 heavy (non-hydrogen) atoms. The molecule has 0 spiro atoms. The zero-order valence-corrected chi connectivity index (χ0v) is 34.0. The van der Waals surface area contributed by atoms with Crippen LogP contribution in [-0.4, -0.2) is 0 Å². The average Bonchev–Trinajstić information content (AvgIpc) is 3.74. The van der Waals surface area contributed by atoms with Crippen LogP contribution >= 0.6 is 0 Å². The van der Waals surface area contributed by atoms with Crippen molar-refractivity contribution in [1.82, 2.24) is 0 Å². The topological polar surface area (TPSA) is 16.4 Å². The minimum absolute atomic E-state index is 0.890. The summed E-state index contributed by atoms with van der Waals surface area (Å²) in [6, 6.07) is 88.9. The van der Waals surface area contributed by atoms with Gasteiger partial charge in [-0.2, -0.15) is 0 Å². The minimum atomic E-state index is 0.890. The summed E-state index contributed by atoms with van der Waals surface area (Å²) < 4.78 is 6.69. The zero-order valence-electron chi connectivity index (χ0n) is 34.0. The average molecular weight is 792 g/mol. The highest BCUT2D eigenvalue weighted by Gasteiger charge is 2.19. The van der Waals surface area contributed by atoms with Gasteiger partial charge in [0.25, 0.3) is 0 Å². The lowest BCUT2D eigenvalue weighted by molar-refractivity contribution is 0.670. The summed E-state index contributed by atoms with van der Waals surface area (Å²) in [5, 5.41) is 2.24. The van der Waals surface area contributed by atoms with Gasteiger partial charge in [0.2, 0.25) is 0 Å². The Morgan fingerprint density at radius 1 is 0.242 bits per heavy atom. The molecule has 0 aliphatic rings. The van der Waals surface area contributed by atoms with Crippen molar-refractivity contribution >= 4 is 39.0 Å². The zero-order chi connectivity index (χ0) is 41.2. The third-order valence-electron chi connectivity index (χ3n) is 11.9. The van der Waals surface area contributed by atoms with Gasteiger partial charge < -0.3 is 9.32 Å². The molecular formula is C60H41NO. The molecule has 0 N–H and O–H groups in total. The second-order valence-corrected chi connectivity index (χ2v) is 15.7. The Kier molecular flexibility index (Phi) is 9.57. The van der Waals surface area contributed by atoms with Crippen LogP contribution in [0.5, 0.6) is 0 Å². The maximum absolute atomic E-state index is 6.69. The molecule has 292 valence electrons. The molecule has 1 heterocycles. The fourth-order valence-electron chi connectivity index (χ4n) is 8.74. The molecular weight excluding hydrogens is 751 g/mol. The van der Waals surface area contributed by atoms with Gasteiger partial charge in [0.05, 0.1) is 0 Å². The molecule has 11 rings (SSSR count). The molecule has 0 unspecified atom stereocenters. The van der Waals surface area contributed by atoms with Crippen molar-refractivity contribution in [3.05, 3.63) is 249 Å². The van der Waals surface area contributed by atoms with Gasteiger partial charge in [0, 0.05) is 33.4 Å². The van der Waals surface area contributed by atoms with Crippen molar-refractivity contribution in [2.45, 2.75) is 0 Å². The summed E-state index contributed by atoms with van der Waals surface area (Å²) in [5.41, 5.74) is 19.0. The Labute approximate surface area is 362 Å². The molecule has 0 saturated heterocycles. The molecule has 10 aromatic carbocycles. The number of hydrogen-bond acceptors (Lipinski definition) is 2. The van der Waals surface area contributed by atoms with Crippen LogP contribution in [0.1, 0.15) is 0 Å². The van der Waals surface area contributed by atoms with E-state index >= 15 is 0 Å². The van der Waals surface area contributed by atoms with Crippen LogP contribution < -0.4 is 4.90 Å². The van der Waals surface area contributed by atoms with E-state index < -0.39 is 0 Å². The van der Waals surface area contributed by atoms with E-state index in [0.717, 1.165) is 61.3 Å². The van der Waals surface area contributed by atoms with Gasteiger partial charge in [0.1, 0.15) is 11.2 Å². The highest BCUT2D eigenvalue weighted by atomic mass is 16.3. The number of rotatable bonds is 9. The Hall–Kier alpha value is -8.20. The van der Waals surface area contributed by atoms with Crippen molar-refractivity contribution in [1.29, 1.82) is 0 Å². The summed E-state index contributed by atoms with van der Waals surface area (Å²) in [6.45, 7) is 0. The molecule has 0 atom stereocenters. The maximum atomic E-state index is 6.69. The molecule has 2 heteroatoms. The van der Waals surface area contributed by atoms with Gasteiger partial charge in [0.15, 0.2) is 0 Å². The van der Waals surface area contributed by atoms with Crippen LogP contribution in [0.2, 0.25) is 0 Å². The summed E-state index contributed by atoms with van der Waals surface area (Å²) in [5.74, 6) is 0. The Bertz CT molecular complexity index is 3260. The number of hydrogen-bond donors (Lipinski definition) is 0. The number of anilines is 3. The second kappa shape index (κ2) is 16.1. The molecule has 0 bridgehead atoms. The summed E-state index contributed by atoms with van der Waals surface area (Å²) in [6.07, 6.45) is 0. The monoisotopic (exact) mass is 791 g/mol. The molecule has 0 aliphatic carbocycles. The largest absolute Gasteiger partial charge is 0.455 e. The van der Waals surface area contributed by atoms with E-state index in [-0.39, 0.29) is 0 Å². The van der Waals surface area contributed by atoms with Crippen LogP contribution in [0.25, 0.3) is 88.7 Å². The number of nitrogens with zero attached hydrogens (tertiary/aromatic N) is 1. The van der Waals surface area contributed by atoms with Crippen LogP contribution in [0.15, 0.2) is 253 Å². The highest BCUT2D eigenvalue weighted by molar-refractivity contribution is 6.12. The van der Waals surface area contributed by atoms with Crippen LogP contribution in [0, 0.1) is 0 Å². The van der Waals surface area contributed by atoms with E-state index in [1.54, 1.807) is 0 Å². The fourth-order valence-corrected chi connectivity index (χ4v) is 8.74. The molecule has 0 aliphatic heterocycles. The summed E-state index contributed by atoms with van der Waals surface area (Å²) >= 11 is 0. The molecule has 0 amide bonds. The number of fused-ring (bicyclic) bond motifs is 3. The molecule has 0 fully saturated rings. The first-order chi connectivity index (χ1) is 30.7. The molecule has 11 aromatic rings. The Morgan fingerprint density at radius 3 is 1.02 bits per heavy atom. The van der Waals surface area contributed by atoms with Gasteiger partial charge in [-0.1, -0.05) is 200 Å². The fraction of sp³-hybridized carbons (Fsp3) is 0. The first-order valence-corrected chi connectivity index (χ1v) is 21.2. The van der Waals surface area contributed by atoms with Crippen molar-refractivity contribution in [2.75, 3.05) is 4.90 Å². The molecule has 2 nitrogen and oxygen atoms in total. The van der Waals surface area contributed by atoms with Crippen molar-refractivity contribution in [3.8, 4) is 66.8 Å². The Morgan fingerprint density at radius 2 is 0.581 bits per heavy atom. The van der Waals surface area contributed by atoms with Crippen molar-refractivity contribution in [2.24, 2.45) is 0 Å². The number of benzene rings is 10. The van der Waals surface area contributed by atoms with E-state index in [1.165, 1.54) is 44.5 Å². The minimum Gasteiger partial charge on any atom is -0.455 e. The van der Waals surface area contributed by atoms with Crippen molar-refractivity contribution in [3.63, 3.8) is 0 Å². The van der Waals surface area contributed by atoms with Gasteiger partial charge in [-0.25, -0.2) is 0 Å². The normalized spacial score (nSPS) is 11.2. The van der Waals surface area contributed by atoms with E-state index in [9.17, 15) is 0 Å². The number of furan rings is 1. The lowest BCUT2D eigenvalue weighted by atomic mass is 9.91. The smallest absolute Gasteiger partial charge is 0.143 e. The van der Waals surface area contributed by atoms with Crippen LogP contribution in [0.3, 0.4) is 0 Å². The summed E-state index contributed by atoms with van der Waals surface area (Å²) in [7, 11) is 0. The molecule has 0 radical (unpaired) electrons. The lowest BCUT2D eigenvalue weighted by Gasteiger charge is -2.26. The highest BCUT2D eigenvalue weighted by Crippen LogP contribution is 2.44.